The van der Waals surface area contributed by atoms with E-state index in [1.165, 1.54) is 15.8 Å². The van der Waals surface area contributed by atoms with Crippen molar-refractivity contribution in [1.29, 1.82) is 0 Å². The predicted octanol–water partition coefficient (Wildman–Crippen LogP) is 3.99. The first-order valence-corrected chi connectivity index (χ1v) is 7.54. The quantitative estimate of drug-likeness (QED) is 0.790. The van der Waals surface area contributed by atoms with Crippen LogP contribution in [0.3, 0.4) is 0 Å². The van der Waals surface area contributed by atoms with Crippen LogP contribution >= 0.6 is 11.3 Å². The summed E-state index contributed by atoms with van der Waals surface area (Å²) in [6.07, 6.45) is 2.70. The molecule has 0 bridgehead atoms. The second-order valence-corrected chi connectivity index (χ2v) is 6.34. The van der Waals surface area contributed by atoms with Crippen molar-refractivity contribution >= 4 is 27.4 Å². The zero-order valence-electron chi connectivity index (χ0n) is 11.6. The Kier molecular flexibility index (Phi) is 3.40. The molecular formula is C16H17N3S. The number of nitrogens with zero attached hydrogens (tertiary/aromatic N) is 2. The maximum absolute atomic E-state index is 5.86. The minimum absolute atomic E-state index is 0.403. The number of hydrogen-bond donors (Lipinski definition) is 1. The number of fused-ring (bicyclic) bond motifs is 1. The van der Waals surface area contributed by atoms with Gasteiger partial charge >= 0.3 is 0 Å². The number of aromatic nitrogens is 2. The summed E-state index contributed by atoms with van der Waals surface area (Å²) in [5.74, 6) is 0.403. The number of anilines is 1. The fourth-order valence-electron chi connectivity index (χ4n) is 2.38. The highest BCUT2D eigenvalue weighted by Gasteiger charge is 2.13. The van der Waals surface area contributed by atoms with Crippen LogP contribution in [-0.2, 0) is 6.42 Å². The van der Waals surface area contributed by atoms with Crippen LogP contribution in [0, 0.1) is 0 Å². The van der Waals surface area contributed by atoms with Gasteiger partial charge in [0.2, 0.25) is 0 Å². The van der Waals surface area contributed by atoms with Gasteiger partial charge < -0.3 is 5.73 Å². The van der Waals surface area contributed by atoms with Crippen LogP contribution < -0.4 is 5.73 Å². The second-order valence-electron chi connectivity index (χ2n) is 5.22. The molecule has 0 aliphatic carbocycles. The van der Waals surface area contributed by atoms with Gasteiger partial charge in [0.1, 0.15) is 0 Å². The monoisotopic (exact) mass is 283 g/mol. The van der Waals surface area contributed by atoms with E-state index in [0.717, 1.165) is 17.6 Å². The molecule has 3 nitrogen and oxygen atoms in total. The summed E-state index contributed by atoms with van der Waals surface area (Å²) < 4.78 is 0. The molecule has 0 atom stereocenters. The van der Waals surface area contributed by atoms with Gasteiger partial charge in [0, 0.05) is 22.9 Å². The molecule has 0 fully saturated rings. The Bertz CT molecular complexity index is 746. The molecule has 0 spiro atoms. The molecule has 102 valence electrons. The van der Waals surface area contributed by atoms with E-state index < -0.39 is 0 Å². The number of rotatable bonds is 3. The molecule has 2 aromatic heterocycles. The van der Waals surface area contributed by atoms with E-state index in [4.69, 9.17) is 5.73 Å². The summed E-state index contributed by atoms with van der Waals surface area (Å²) >= 11 is 1.59. The van der Waals surface area contributed by atoms with Crippen LogP contribution in [0.1, 0.15) is 35.9 Å². The van der Waals surface area contributed by atoms with Crippen molar-refractivity contribution < 1.29 is 0 Å². The van der Waals surface area contributed by atoms with Crippen LogP contribution in [-0.4, -0.2) is 9.97 Å². The summed E-state index contributed by atoms with van der Waals surface area (Å²) in [7, 11) is 0. The van der Waals surface area contributed by atoms with Gasteiger partial charge in [-0.3, -0.25) is 4.98 Å². The van der Waals surface area contributed by atoms with Crippen molar-refractivity contribution in [2.24, 2.45) is 0 Å². The maximum atomic E-state index is 5.86. The fourth-order valence-corrected chi connectivity index (χ4v) is 3.40. The van der Waals surface area contributed by atoms with Gasteiger partial charge in [0.15, 0.2) is 5.13 Å². The lowest BCUT2D eigenvalue weighted by Crippen LogP contribution is -1.95. The summed E-state index contributed by atoms with van der Waals surface area (Å²) in [6.45, 7) is 4.31. The van der Waals surface area contributed by atoms with E-state index in [2.05, 4.69) is 48.1 Å². The molecule has 2 heterocycles. The summed E-state index contributed by atoms with van der Waals surface area (Å²) in [5.41, 5.74) is 9.29. The van der Waals surface area contributed by atoms with Gasteiger partial charge in [-0.05, 0) is 29.7 Å². The van der Waals surface area contributed by atoms with Crippen molar-refractivity contribution in [3.8, 4) is 0 Å². The zero-order valence-corrected chi connectivity index (χ0v) is 12.4. The van der Waals surface area contributed by atoms with Crippen molar-refractivity contribution in [1.82, 2.24) is 9.97 Å². The van der Waals surface area contributed by atoms with E-state index in [1.807, 2.05) is 12.3 Å². The number of pyridine rings is 1. The van der Waals surface area contributed by atoms with Gasteiger partial charge in [-0.2, -0.15) is 0 Å². The Labute approximate surface area is 122 Å². The molecular weight excluding hydrogens is 266 g/mol. The highest BCUT2D eigenvalue weighted by atomic mass is 32.1. The van der Waals surface area contributed by atoms with Gasteiger partial charge in [-0.25, -0.2) is 4.98 Å². The van der Waals surface area contributed by atoms with Gasteiger partial charge in [0.05, 0.1) is 11.2 Å². The first-order chi connectivity index (χ1) is 9.63. The number of nitrogens with two attached hydrogens (primary N) is 1. The molecule has 0 radical (unpaired) electrons. The molecule has 0 saturated heterocycles. The van der Waals surface area contributed by atoms with Crippen LogP contribution in [0.15, 0.2) is 36.5 Å². The molecule has 3 aromatic rings. The lowest BCUT2D eigenvalue weighted by atomic mass is 10.0. The summed E-state index contributed by atoms with van der Waals surface area (Å²) in [6, 6.07) is 10.5. The smallest absolute Gasteiger partial charge is 0.180 e. The van der Waals surface area contributed by atoms with E-state index in [0.29, 0.717) is 11.0 Å². The number of thiazole rings is 1. The van der Waals surface area contributed by atoms with Crippen LogP contribution in [0.5, 0.6) is 0 Å². The zero-order chi connectivity index (χ0) is 14.1. The molecule has 20 heavy (non-hydrogen) atoms. The van der Waals surface area contributed by atoms with Gasteiger partial charge in [-0.15, -0.1) is 11.3 Å². The third kappa shape index (κ3) is 2.51. The third-order valence-corrected chi connectivity index (χ3v) is 4.22. The molecule has 0 unspecified atom stereocenters. The average Bonchev–Trinajstić information content (AvgIpc) is 2.80. The second kappa shape index (κ2) is 5.21. The standard InChI is InChI=1S/C16H17N3S/c1-10(2)15-14(20-16(17)19-15)9-11-5-6-13-12(8-11)4-3-7-18-13/h3-8,10H,9H2,1-2H3,(H2,17,19). The predicted molar refractivity (Wildman–Crippen MR) is 85.2 cm³/mol. The van der Waals surface area contributed by atoms with Crippen molar-refractivity contribution in [2.45, 2.75) is 26.2 Å². The Balaban J connectivity index is 1.96. The normalized spacial score (nSPS) is 11.3. The molecule has 0 saturated carbocycles. The molecule has 0 amide bonds. The Morgan fingerprint density at radius 3 is 2.90 bits per heavy atom. The lowest BCUT2D eigenvalue weighted by molar-refractivity contribution is 0.820. The first-order valence-electron chi connectivity index (χ1n) is 6.72. The molecule has 2 N–H and O–H groups in total. The Morgan fingerprint density at radius 2 is 2.10 bits per heavy atom. The first kappa shape index (κ1) is 13.1. The van der Waals surface area contributed by atoms with Crippen molar-refractivity contribution in [2.75, 3.05) is 5.73 Å². The minimum atomic E-state index is 0.403. The number of nitrogen functional groups attached to an aromatic ring is 1. The average molecular weight is 283 g/mol. The fraction of sp³-hybridized carbons (Fsp3) is 0.250. The van der Waals surface area contributed by atoms with Crippen molar-refractivity contribution in [3.63, 3.8) is 0 Å². The van der Waals surface area contributed by atoms with E-state index in [-0.39, 0.29) is 0 Å². The lowest BCUT2D eigenvalue weighted by Gasteiger charge is -2.06. The molecule has 1 aromatic carbocycles. The van der Waals surface area contributed by atoms with E-state index >= 15 is 0 Å². The van der Waals surface area contributed by atoms with Crippen LogP contribution in [0.2, 0.25) is 0 Å². The van der Waals surface area contributed by atoms with Gasteiger partial charge in [-0.1, -0.05) is 26.0 Å². The summed E-state index contributed by atoms with van der Waals surface area (Å²) in [4.78, 5) is 10.1. The Morgan fingerprint density at radius 1 is 1.25 bits per heavy atom. The van der Waals surface area contributed by atoms with Crippen molar-refractivity contribution in [3.05, 3.63) is 52.7 Å². The van der Waals surface area contributed by atoms with Crippen LogP contribution in [0.25, 0.3) is 10.9 Å². The Hall–Kier alpha value is -1.94. The molecule has 0 aliphatic heterocycles. The van der Waals surface area contributed by atoms with Crippen LogP contribution in [0.4, 0.5) is 5.13 Å². The van der Waals surface area contributed by atoms with E-state index in [9.17, 15) is 0 Å². The number of benzene rings is 1. The molecule has 0 aliphatic rings. The minimum Gasteiger partial charge on any atom is -0.375 e. The molecule has 4 heteroatoms. The SMILES string of the molecule is CC(C)c1nc(N)sc1Cc1ccc2ncccc2c1. The highest BCUT2D eigenvalue weighted by Crippen LogP contribution is 2.29. The third-order valence-electron chi connectivity index (χ3n) is 3.32. The largest absolute Gasteiger partial charge is 0.375 e. The highest BCUT2D eigenvalue weighted by molar-refractivity contribution is 7.15. The van der Waals surface area contributed by atoms with E-state index in [1.54, 1.807) is 11.3 Å². The topological polar surface area (TPSA) is 51.8 Å². The molecule has 3 rings (SSSR count). The summed E-state index contributed by atoms with van der Waals surface area (Å²) in [5, 5.41) is 1.83. The van der Waals surface area contributed by atoms with Gasteiger partial charge in [0.25, 0.3) is 0 Å². The maximum Gasteiger partial charge on any atom is 0.180 e. The number of hydrogen-bond acceptors (Lipinski definition) is 4.